The summed E-state index contributed by atoms with van der Waals surface area (Å²) in [5.74, 6) is -1.61. The third kappa shape index (κ3) is 7.54. The van der Waals surface area contributed by atoms with Crippen LogP contribution in [0.15, 0.2) is 66.7 Å². The highest BCUT2D eigenvalue weighted by atomic mass is 32.2. The fourth-order valence-electron chi connectivity index (χ4n) is 6.10. The zero-order chi connectivity index (χ0) is 34.6. The number of aliphatic carboxylic acids is 1. The van der Waals surface area contributed by atoms with Gasteiger partial charge >= 0.3 is 18.0 Å². The van der Waals surface area contributed by atoms with Gasteiger partial charge in [-0.1, -0.05) is 48.5 Å². The molecule has 5 rings (SSSR count). The minimum Gasteiger partial charge on any atom is -0.497 e. The highest BCUT2D eigenvalue weighted by Crippen LogP contribution is 2.46. The lowest BCUT2D eigenvalue weighted by Crippen LogP contribution is -2.53. The maximum absolute atomic E-state index is 14.3. The number of carboxylic acids is 1. The maximum atomic E-state index is 14.3. The molecule has 2 amide bonds. The summed E-state index contributed by atoms with van der Waals surface area (Å²) in [5.41, 5.74) is 4.00. The van der Waals surface area contributed by atoms with Gasteiger partial charge < -0.3 is 34.3 Å². The Hall–Kier alpha value is -4.71. The van der Waals surface area contributed by atoms with Crippen LogP contribution in [0.25, 0.3) is 11.1 Å². The van der Waals surface area contributed by atoms with Crippen LogP contribution in [0.4, 0.5) is 4.79 Å². The second kappa shape index (κ2) is 14.6. The molecular formula is C36H40N2O9S. The van der Waals surface area contributed by atoms with Crippen molar-refractivity contribution in [2.24, 2.45) is 0 Å². The van der Waals surface area contributed by atoms with Gasteiger partial charge in [-0.3, -0.25) is 9.59 Å². The number of nitrogens with zero attached hydrogens (tertiary/aromatic N) is 1. The molecule has 3 aromatic carbocycles. The Bertz CT molecular complexity index is 1640. The molecule has 48 heavy (non-hydrogen) atoms. The fourth-order valence-corrected chi connectivity index (χ4v) is 7.56. The monoisotopic (exact) mass is 676 g/mol. The van der Waals surface area contributed by atoms with E-state index in [0.29, 0.717) is 17.1 Å². The summed E-state index contributed by atoms with van der Waals surface area (Å²) in [6.07, 6.45) is -1.21. The van der Waals surface area contributed by atoms with Crippen LogP contribution >= 0.6 is 11.8 Å². The quantitative estimate of drug-likeness (QED) is 0.241. The molecule has 0 bridgehead atoms. The molecule has 3 atom stereocenters. The number of alkyl carbamates (subject to hydrolysis) is 1. The molecule has 1 fully saturated rings. The predicted octanol–water partition coefficient (Wildman–Crippen LogP) is 5.76. The number of hydrogen-bond donors (Lipinski definition) is 2. The van der Waals surface area contributed by atoms with Crippen molar-refractivity contribution in [3.05, 3.63) is 83.4 Å². The van der Waals surface area contributed by atoms with Crippen LogP contribution in [0.2, 0.25) is 0 Å². The zero-order valence-electron chi connectivity index (χ0n) is 27.6. The smallest absolute Gasteiger partial charge is 0.407 e. The van der Waals surface area contributed by atoms with E-state index in [1.807, 2.05) is 48.5 Å². The van der Waals surface area contributed by atoms with E-state index in [0.717, 1.165) is 22.3 Å². The van der Waals surface area contributed by atoms with Gasteiger partial charge in [0.1, 0.15) is 41.2 Å². The molecule has 1 saturated heterocycles. The van der Waals surface area contributed by atoms with E-state index in [9.17, 15) is 24.3 Å². The Balaban J connectivity index is 1.39. The van der Waals surface area contributed by atoms with Gasteiger partial charge in [-0.25, -0.2) is 9.59 Å². The van der Waals surface area contributed by atoms with Gasteiger partial charge in [-0.2, -0.15) is 0 Å². The Labute approximate surface area is 283 Å². The molecule has 254 valence electrons. The minimum atomic E-state index is -1.29. The lowest BCUT2D eigenvalue weighted by atomic mass is 9.98. The standard InChI is InChI=1S/C36H40N2O9S/c1-36(2,3)47-31(39)17-16-28(37-35(43)46-19-27-24-12-8-6-10-22(24)23-11-7-9-13-25(23)27)32(40)38-29(34(41)42)20-48-33(38)26-15-14-21(44-4)18-30(26)45-5/h6-15,18,27-29,33H,16-17,19-20H2,1-5H3,(H,37,43)(H,41,42)/t28-,29-,33?/m0/s1. The summed E-state index contributed by atoms with van der Waals surface area (Å²) in [6, 6.07) is 18.4. The summed E-state index contributed by atoms with van der Waals surface area (Å²) < 4.78 is 22.1. The minimum absolute atomic E-state index is 0.00975. The Kier molecular flexibility index (Phi) is 10.5. The number of carbonyl (C=O) groups is 4. The number of esters is 1. The molecular weight excluding hydrogens is 636 g/mol. The van der Waals surface area contributed by atoms with Gasteiger partial charge in [0, 0.05) is 29.7 Å². The number of thioether (sulfide) groups is 1. The first kappa shape index (κ1) is 34.6. The SMILES string of the molecule is COc1ccc(C2SC[C@@H](C(=O)O)N2C(=O)[C@H](CCC(=O)OC(C)(C)C)NC(=O)OCC2c3ccccc3-c3ccccc32)c(OC)c1. The van der Waals surface area contributed by atoms with Gasteiger partial charge in [0.2, 0.25) is 5.91 Å². The number of hydrogen-bond acceptors (Lipinski definition) is 9. The summed E-state index contributed by atoms with van der Waals surface area (Å²) in [4.78, 5) is 54.1. The highest BCUT2D eigenvalue weighted by molar-refractivity contribution is 7.99. The van der Waals surface area contributed by atoms with Crippen LogP contribution in [0.5, 0.6) is 11.5 Å². The molecule has 0 saturated carbocycles. The summed E-state index contributed by atoms with van der Waals surface area (Å²) in [5, 5.41) is 12.0. The number of amides is 2. The van der Waals surface area contributed by atoms with Gasteiger partial charge in [0.25, 0.3) is 0 Å². The molecule has 0 aromatic heterocycles. The normalized spacial score (nSPS) is 17.6. The van der Waals surface area contributed by atoms with Crippen molar-refractivity contribution in [2.75, 3.05) is 26.6 Å². The Morgan fingerprint density at radius 1 is 0.938 bits per heavy atom. The highest BCUT2D eigenvalue weighted by Gasteiger charge is 2.46. The third-order valence-corrected chi connectivity index (χ3v) is 9.54. The fraction of sp³-hybridized carbons (Fsp3) is 0.389. The van der Waals surface area contributed by atoms with Crippen molar-refractivity contribution in [3.63, 3.8) is 0 Å². The van der Waals surface area contributed by atoms with E-state index < -0.39 is 47.0 Å². The number of fused-ring (bicyclic) bond motifs is 3. The van der Waals surface area contributed by atoms with E-state index in [1.54, 1.807) is 39.0 Å². The van der Waals surface area contributed by atoms with E-state index in [1.165, 1.54) is 30.9 Å². The van der Waals surface area contributed by atoms with Crippen LogP contribution in [0.3, 0.4) is 0 Å². The van der Waals surface area contributed by atoms with Gasteiger partial charge in [-0.05, 0) is 61.6 Å². The molecule has 0 spiro atoms. The average molecular weight is 677 g/mol. The number of rotatable bonds is 11. The van der Waals surface area contributed by atoms with Crippen molar-refractivity contribution in [1.29, 1.82) is 0 Å². The number of carbonyl (C=O) groups excluding carboxylic acids is 3. The van der Waals surface area contributed by atoms with Crippen molar-refractivity contribution in [2.45, 2.75) is 62.6 Å². The van der Waals surface area contributed by atoms with E-state index >= 15 is 0 Å². The molecule has 3 aromatic rings. The lowest BCUT2D eigenvalue weighted by Gasteiger charge is -2.32. The molecule has 0 radical (unpaired) electrons. The largest absolute Gasteiger partial charge is 0.497 e. The first-order valence-electron chi connectivity index (χ1n) is 15.6. The number of ether oxygens (including phenoxy) is 4. The Morgan fingerprint density at radius 2 is 1.58 bits per heavy atom. The first-order chi connectivity index (χ1) is 22.9. The maximum Gasteiger partial charge on any atom is 0.407 e. The second-order valence-corrected chi connectivity index (χ2v) is 13.7. The van der Waals surface area contributed by atoms with Crippen molar-refractivity contribution < 1.29 is 43.2 Å². The van der Waals surface area contributed by atoms with Crippen LogP contribution in [-0.4, -0.2) is 78.2 Å². The van der Waals surface area contributed by atoms with E-state index in [4.69, 9.17) is 18.9 Å². The molecule has 1 aliphatic carbocycles. The third-order valence-electron chi connectivity index (χ3n) is 8.24. The molecule has 2 N–H and O–H groups in total. The molecule has 1 unspecified atom stereocenters. The average Bonchev–Trinajstić information content (AvgIpc) is 3.64. The van der Waals surface area contributed by atoms with Crippen molar-refractivity contribution in [3.8, 4) is 22.6 Å². The molecule has 2 aliphatic rings. The summed E-state index contributed by atoms with van der Waals surface area (Å²) in [7, 11) is 2.99. The number of benzene rings is 3. The summed E-state index contributed by atoms with van der Waals surface area (Å²) >= 11 is 1.26. The van der Waals surface area contributed by atoms with Gasteiger partial charge in [-0.15, -0.1) is 11.8 Å². The second-order valence-electron chi connectivity index (χ2n) is 12.5. The molecule has 12 heteroatoms. The van der Waals surface area contributed by atoms with Crippen molar-refractivity contribution >= 4 is 35.7 Å². The van der Waals surface area contributed by atoms with Crippen LogP contribution < -0.4 is 14.8 Å². The van der Waals surface area contributed by atoms with Crippen LogP contribution in [-0.2, 0) is 23.9 Å². The van der Waals surface area contributed by atoms with Gasteiger partial charge in [0.15, 0.2) is 0 Å². The zero-order valence-corrected chi connectivity index (χ0v) is 28.4. The number of carboxylic acid groups (broad SMARTS) is 1. The molecule has 1 aliphatic heterocycles. The van der Waals surface area contributed by atoms with Gasteiger partial charge in [0.05, 0.1) is 14.2 Å². The Morgan fingerprint density at radius 3 is 2.17 bits per heavy atom. The topological polar surface area (TPSA) is 141 Å². The van der Waals surface area contributed by atoms with E-state index in [-0.39, 0.29) is 31.1 Å². The van der Waals surface area contributed by atoms with Crippen LogP contribution in [0, 0.1) is 0 Å². The molecule has 1 heterocycles. The lowest BCUT2D eigenvalue weighted by molar-refractivity contribution is -0.155. The number of nitrogens with one attached hydrogen (secondary N) is 1. The number of methoxy groups -OCH3 is 2. The summed E-state index contributed by atoms with van der Waals surface area (Å²) in [6.45, 7) is 5.20. The van der Waals surface area contributed by atoms with Crippen molar-refractivity contribution in [1.82, 2.24) is 10.2 Å². The van der Waals surface area contributed by atoms with E-state index in [2.05, 4.69) is 5.32 Å². The van der Waals surface area contributed by atoms with Crippen LogP contribution in [0.1, 0.15) is 61.6 Å². The predicted molar refractivity (Wildman–Crippen MR) is 180 cm³/mol. The first-order valence-corrected chi connectivity index (χ1v) is 16.7. The molecule has 11 nitrogen and oxygen atoms in total.